The van der Waals surface area contributed by atoms with E-state index in [2.05, 4.69) is 14.9 Å². The average Bonchev–Trinajstić information content (AvgIpc) is 3.55. The molecule has 2 aliphatic heterocycles. The molecule has 0 bridgehead atoms. The van der Waals surface area contributed by atoms with Gasteiger partial charge in [0.25, 0.3) is 11.8 Å². The van der Waals surface area contributed by atoms with E-state index >= 15 is 0 Å². The van der Waals surface area contributed by atoms with Crippen LogP contribution in [0.2, 0.25) is 0 Å². The maximum atomic E-state index is 13.9. The fourth-order valence-electron chi connectivity index (χ4n) is 4.97. The van der Waals surface area contributed by atoms with Crippen molar-refractivity contribution in [2.24, 2.45) is 0 Å². The maximum absolute atomic E-state index is 13.9. The largest absolute Gasteiger partial charge is 0.361 e. The molecule has 6 rings (SSSR count). The molecule has 0 radical (unpaired) electrons. The summed E-state index contributed by atoms with van der Waals surface area (Å²) in [5.74, 6) is -0.322. The van der Waals surface area contributed by atoms with Crippen molar-refractivity contribution in [1.29, 1.82) is 0 Å². The van der Waals surface area contributed by atoms with Crippen LogP contribution < -0.4 is 0 Å². The van der Waals surface area contributed by atoms with E-state index in [0.717, 1.165) is 35.1 Å². The molecule has 0 aliphatic carbocycles. The smallest absolute Gasteiger partial charge is 0.282 e. The van der Waals surface area contributed by atoms with Crippen molar-refractivity contribution in [3.63, 3.8) is 0 Å². The highest BCUT2D eigenvalue weighted by Crippen LogP contribution is 2.31. The maximum Gasteiger partial charge on any atom is 0.282 e. The van der Waals surface area contributed by atoms with Crippen molar-refractivity contribution >= 4 is 34.1 Å². The number of fused-ring (bicyclic) bond motifs is 1. The Morgan fingerprint density at radius 1 is 1.00 bits per heavy atom. The van der Waals surface area contributed by atoms with Crippen LogP contribution in [0, 0.1) is 5.82 Å². The molecule has 1 N–H and O–H groups in total. The van der Waals surface area contributed by atoms with Gasteiger partial charge in [-0.3, -0.25) is 14.5 Å². The highest BCUT2D eigenvalue weighted by Gasteiger charge is 2.37. The van der Waals surface area contributed by atoms with Crippen molar-refractivity contribution in [2.75, 3.05) is 39.3 Å². The molecule has 4 heterocycles. The molecule has 0 spiro atoms. The monoisotopic (exact) mass is 489 g/mol. The van der Waals surface area contributed by atoms with Gasteiger partial charge in [-0.15, -0.1) is 11.3 Å². The zero-order chi connectivity index (χ0) is 23.9. The second-order valence-corrected chi connectivity index (χ2v) is 9.90. The summed E-state index contributed by atoms with van der Waals surface area (Å²) in [5, 5.41) is 3.28. The number of halogens is 1. The van der Waals surface area contributed by atoms with Gasteiger partial charge in [0.2, 0.25) is 0 Å². The molecular weight excluding hydrogens is 465 g/mol. The molecule has 2 amide bonds. The number of piperazine rings is 1. The number of rotatable bonds is 4. The lowest BCUT2D eigenvalue weighted by Gasteiger charge is -2.48. The average molecular weight is 490 g/mol. The fraction of sp³-hybridized carbons (Fsp3) is 0.269. The molecular formula is C26H24FN5O2S. The van der Waals surface area contributed by atoms with Gasteiger partial charge in [0, 0.05) is 79.6 Å². The van der Waals surface area contributed by atoms with Crippen LogP contribution in [0.4, 0.5) is 4.39 Å². The molecule has 0 atom stereocenters. The van der Waals surface area contributed by atoms with E-state index < -0.39 is 0 Å². The van der Waals surface area contributed by atoms with Crippen LogP contribution in [0.3, 0.4) is 0 Å². The molecule has 0 unspecified atom stereocenters. The number of amides is 2. The number of aromatic amines is 1. The summed E-state index contributed by atoms with van der Waals surface area (Å²) in [6, 6.07) is 12.4. The summed E-state index contributed by atoms with van der Waals surface area (Å²) in [5.41, 5.74) is 3.04. The van der Waals surface area contributed by atoms with E-state index in [-0.39, 0.29) is 17.6 Å². The lowest BCUT2D eigenvalue weighted by Crippen LogP contribution is -2.64. The molecule has 2 aliphatic rings. The number of thiazole rings is 1. The van der Waals surface area contributed by atoms with Crippen LogP contribution in [0.25, 0.3) is 22.0 Å². The van der Waals surface area contributed by atoms with E-state index in [1.807, 2.05) is 45.6 Å². The number of likely N-dealkylation sites (tertiary alicyclic amines) is 1. The minimum Gasteiger partial charge on any atom is -0.361 e. The predicted molar refractivity (Wildman–Crippen MR) is 133 cm³/mol. The lowest BCUT2D eigenvalue weighted by molar-refractivity contribution is 0.00854. The minimum atomic E-state index is -0.307. The zero-order valence-corrected chi connectivity index (χ0v) is 19.8. The minimum absolute atomic E-state index is 0.000635. The van der Waals surface area contributed by atoms with Crippen LogP contribution in [0.1, 0.15) is 20.2 Å². The fourth-order valence-corrected chi connectivity index (χ4v) is 5.57. The Hall–Kier alpha value is -3.56. The number of carbonyl (C=O) groups is 2. The van der Waals surface area contributed by atoms with E-state index in [4.69, 9.17) is 0 Å². The second kappa shape index (κ2) is 8.90. The van der Waals surface area contributed by atoms with Gasteiger partial charge < -0.3 is 14.8 Å². The first-order chi connectivity index (χ1) is 17.1. The summed E-state index contributed by atoms with van der Waals surface area (Å²) < 4.78 is 13.9. The number of nitrogens with one attached hydrogen (secondary N) is 1. The first-order valence-electron chi connectivity index (χ1n) is 11.7. The Morgan fingerprint density at radius 3 is 2.57 bits per heavy atom. The van der Waals surface area contributed by atoms with Crippen LogP contribution in [-0.2, 0) is 0 Å². The molecule has 9 heteroatoms. The first kappa shape index (κ1) is 21.9. The summed E-state index contributed by atoms with van der Waals surface area (Å²) in [7, 11) is 0. The number of hydrogen-bond acceptors (Lipinski definition) is 5. The van der Waals surface area contributed by atoms with Gasteiger partial charge >= 0.3 is 0 Å². The van der Waals surface area contributed by atoms with Crippen molar-refractivity contribution in [3.8, 4) is 11.1 Å². The summed E-state index contributed by atoms with van der Waals surface area (Å²) in [4.78, 5) is 39.3. The van der Waals surface area contributed by atoms with E-state index in [1.54, 1.807) is 12.3 Å². The zero-order valence-electron chi connectivity index (χ0n) is 19.0. The van der Waals surface area contributed by atoms with Crippen molar-refractivity contribution < 1.29 is 14.0 Å². The van der Waals surface area contributed by atoms with Gasteiger partial charge in [0.05, 0.1) is 5.52 Å². The topological polar surface area (TPSA) is 72.5 Å². The number of aromatic nitrogens is 2. The Kier molecular flexibility index (Phi) is 5.58. The van der Waals surface area contributed by atoms with Crippen molar-refractivity contribution in [2.45, 2.75) is 6.04 Å². The summed E-state index contributed by atoms with van der Waals surface area (Å²) >= 11 is 1.37. The first-order valence-corrected chi connectivity index (χ1v) is 12.5. The van der Waals surface area contributed by atoms with Gasteiger partial charge in [-0.1, -0.05) is 12.1 Å². The van der Waals surface area contributed by atoms with Gasteiger partial charge in [-0.2, -0.15) is 0 Å². The van der Waals surface area contributed by atoms with Crippen LogP contribution in [-0.4, -0.2) is 81.8 Å². The van der Waals surface area contributed by atoms with Crippen molar-refractivity contribution in [3.05, 3.63) is 76.6 Å². The highest BCUT2D eigenvalue weighted by molar-refractivity contribution is 7.11. The third-order valence-electron chi connectivity index (χ3n) is 6.92. The molecule has 0 saturated carbocycles. The molecule has 178 valence electrons. The molecule has 2 aromatic carbocycles. The molecule has 7 nitrogen and oxygen atoms in total. The number of nitrogens with zero attached hydrogens (tertiary/aromatic N) is 4. The second-order valence-electron chi connectivity index (χ2n) is 9.01. The number of hydrogen-bond donors (Lipinski definition) is 1. The van der Waals surface area contributed by atoms with Gasteiger partial charge in [-0.05, 0) is 35.9 Å². The quantitative estimate of drug-likeness (QED) is 0.474. The van der Waals surface area contributed by atoms with Gasteiger partial charge in [-0.25, -0.2) is 9.37 Å². The SMILES string of the molecule is O=C(c1cc(-c2cccc(F)c2)c2[nH]ccc2c1)N1CC(N2CCN(C(=O)c3nccs3)CC2)C1. The number of H-pyrrole nitrogens is 1. The third kappa shape index (κ3) is 4.11. The third-order valence-corrected chi connectivity index (χ3v) is 7.69. The highest BCUT2D eigenvalue weighted by atomic mass is 32.1. The standard InChI is InChI=1S/C26H24FN5O2S/c27-20-3-1-2-17(13-20)22-14-19(12-18-4-5-28-23(18)22)25(33)32-15-21(16-32)30-7-9-31(10-8-30)26(34)24-29-6-11-35-24/h1-6,11-14,21,28H,7-10,15-16H2. The van der Waals surface area contributed by atoms with E-state index in [1.165, 1.54) is 23.5 Å². The molecule has 2 aromatic heterocycles. The van der Waals surface area contributed by atoms with E-state index in [9.17, 15) is 14.0 Å². The van der Waals surface area contributed by atoms with E-state index in [0.29, 0.717) is 42.8 Å². The predicted octanol–water partition coefficient (Wildman–Crippen LogP) is 3.71. The van der Waals surface area contributed by atoms with Crippen LogP contribution in [0.15, 0.2) is 60.2 Å². The molecule has 2 saturated heterocycles. The van der Waals surface area contributed by atoms with Crippen LogP contribution in [0.5, 0.6) is 0 Å². The summed E-state index contributed by atoms with van der Waals surface area (Å²) in [6.07, 6.45) is 3.49. The Morgan fingerprint density at radius 2 is 1.83 bits per heavy atom. The Balaban J connectivity index is 1.12. The Labute approximate surface area is 205 Å². The normalized spacial score (nSPS) is 17.1. The molecule has 35 heavy (non-hydrogen) atoms. The van der Waals surface area contributed by atoms with Crippen LogP contribution >= 0.6 is 11.3 Å². The van der Waals surface area contributed by atoms with Crippen molar-refractivity contribution in [1.82, 2.24) is 24.7 Å². The molecule has 2 fully saturated rings. The molecule has 4 aromatic rings. The summed E-state index contributed by atoms with van der Waals surface area (Å²) in [6.45, 7) is 4.26. The Bertz CT molecular complexity index is 1390. The van der Waals surface area contributed by atoms with Gasteiger partial charge in [0.1, 0.15) is 5.82 Å². The van der Waals surface area contributed by atoms with Gasteiger partial charge in [0.15, 0.2) is 5.01 Å². The number of carbonyl (C=O) groups excluding carboxylic acids is 2. The lowest BCUT2D eigenvalue weighted by atomic mass is 9.98. The number of benzene rings is 2.